The molecule has 5 heteroatoms. The van der Waals surface area contributed by atoms with Gasteiger partial charge >= 0.3 is 0 Å². The zero-order valence-corrected chi connectivity index (χ0v) is 11.1. The van der Waals surface area contributed by atoms with Crippen molar-refractivity contribution in [3.8, 4) is 0 Å². The molecule has 0 unspecified atom stereocenters. The Morgan fingerprint density at radius 2 is 1.94 bits per heavy atom. The fourth-order valence-corrected chi connectivity index (χ4v) is 1.84. The predicted molar refractivity (Wildman–Crippen MR) is 73.9 cm³/mol. The van der Waals surface area contributed by atoms with Crippen molar-refractivity contribution in [2.24, 2.45) is 5.73 Å². The highest BCUT2D eigenvalue weighted by Crippen LogP contribution is 2.20. The third-order valence-electron chi connectivity index (χ3n) is 2.44. The molecule has 92 valence electrons. The monoisotopic (exact) mass is 305 g/mol. The minimum atomic E-state index is -0.708. The number of nitrogens with one attached hydrogen (secondary N) is 1. The summed E-state index contributed by atoms with van der Waals surface area (Å²) in [5.41, 5.74) is 6.65. The van der Waals surface area contributed by atoms with Crippen LogP contribution in [0, 0.1) is 0 Å². The van der Waals surface area contributed by atoms with Crippen molar-refractivity contribution in [3.63, 3.8) is 0 Å². The van der Waals surface area contributed by atoms with Crippen molar-refractivity contribution < 1.29 is 4.79 Å². The maximum absolute atomic E-state index is 12.0. The highest BCUT2D eigenvalue weighted by Gasteiger charge is 2.16. The van der Waals surface area contributed by atoms with Crippen LogP contribution in [0.2, 0.25) is 0 Å². The number of carbonyl (C=O) groups excluding carboxylic acids is 1. The summed E-state index contributed by atoms with van der Waals surface area (Å²) in [5, 5.41) is 2.69. The van der Waals surface area contributed by atoms with Crippen LogP contribution in [0.5, 0.6) is 0 Å². The summed E-state index contributed by atoms with van der Waals surface area (Å²) in [5.74, 6) is 0.175. The SMILES string of the molecule is N[C@@H](C(=O)Nc1ncccc1Br)c1ccccc1. The number of rotatable bonds is 3. The molecule has 2 aromatic rings. The van der Waals surface area contributed by atoms with Crippen LogP contribution in [-0.2, 0) is 4.79 Å². The van der Waals surface area contributed by atoms with E-state index in [9.17, 15) is 4.79 Å². The lowest BCUT2D eigenvalue weighted by atomic mass is 10.1. The average Bonchev–Trinajstić information content (AvgIpc) is 2.41. The summed E-state index contributed by atoms with van der Waals surface area (Å²) in [6, 6.07) is 12.1. The molecule has 0 fully saturated rings. The van der Waals surface area contributed by atoms with E-state index in [4.69, 9.17) is 5.73 Å². The highest BCUT2D eigenvalue weighted by molar-refractivity contribution is 9.10. The molecule has 2 rings (SSSR count). The number of nitrogens with zero attached hydrogens (tertiary/aromatic N) is 1. The largest absolute Gasteiger partial charge is 0.316 e. The first-order chi connectivity index (χ1) is 8.68. The lowest BCUT2D eigenvalue weighted by Gasteiger charge is -2.12. The van der Waals surface area contributed by atoms with Crippen molar-refractivity contribution >= 4 is 27.7 Å². The number of carbonyl (C=O) groups is 1. The molecule has 0 saturated heterocycles. The van der Waals surface area contributed by atoms with Gasteiger partial charge in [0.25, 0.3) is 0 Å². The zero-order chi connectivity index (χ0) is 13.0. The van der Waals surface area contributed by atoms with Gasteiger partial charge in [0.05, 0.1) is 4.47 Å². The molecule has 0 saturated carbocycles. The van der Waals surface area contributed by atoms with Crippen molar-refractivity contribution in [2.45, 2.75) is 6.04 Å². The molecule has 1 atom stereocenters. The highest BCUT2D eigenvalue weighted by atomic mass is 79.9. The molecule has 18 heavy (non-hydrogen) atoms. The number of nitrogens with two attached hydrogens (primary N) is 1. The summed E-state index contributed by atoms with van der Waals surface area (Å²) in [6.45, 7) is 0. The van der Waals surface area contributed by atoms with E-state index in [1.807, 2.05) is 30.3 Å². The van der Waals surface area contributed by atoms with Crippen LogP contribution in [0.1, 0.15) is 11.6 Å². The average molecular weight is 306 g/mol. The van der Waals surface area contributed by atoms with Gasteiger partial charge in [-0.15, -0.1) is 0 Å². The fourth-order valence-electron chi connectivity index (χ4n) is 1.48. The Morgan fingerprint density at radius 3 is 2.61 bits per heavy atom. The molecule has 1 amide bonds. The topological polar surface area (TPSA) is 68.0 Å². The minimum absolute atomic E-state index is 0.291. The molecule has 0 bridgehead atoms. The maximum Gasteiger partial charge on any atom is 0.247 e. The number of hydrogen-bond donors (Lipinski definition) is 2. The molecule has 4 nitrogen and oxygen atoms in total. The summed E-state index contributed by atoms with van der Waals surface area (Å²) in [4.78, 5) is 16.0. The van der Waals surface area contributed by atoms with E-state index >= 15 is 0 Å². The van der Waals surface area contributed by atoms with Gasteiger partial charge in [-0.25, -0.2) is 4.98 Å². The minimum Gasteiger partial charge on any atom is -0.316 e. The van der Waals surface area contributed by atoms with Gasteiger partial charge in [-0.3, -0.25) is 4.79 Å². The molecular formula is C13H12BrN3O. The number of benzene rings is 1. The molecule has 0 aliphatic carbocycles. The second-order valence-corrected chi connectivity index (χ2v) is 4.57. The summed E-state index contributed by atoms with van der Waals surface area (Å²) >= 11 is 3.31. The van der Waals surface area contributed by atoms with Crippen LogP contribution in [0.4, 0.5) is 5.82 Å². The van der Waals surface area contributed by atoms with Gasteiger partial charge in [-0.05, 0) is 33.6 Å². The smallest absolute Gasteiger partial charge is 0.247 e. The van der Waals surface area contributed by atoms with E-state index in [-0.39, 0.29) is 5.91 Å². The van der Waals surface area contributed by atoms with E-state index in [0.29, 0.717) is 5.82 Å². The van der Waals surface area contributed by atoms with Crippen molar-refractivity contribution in [3.05, 3.63) is 58.7 Å². The molecule has 0 radical (unpaired) electrons. The molecule has 1 heterocycles. The Morgan fingerprint density at radius 1 is 1.22 bits per heavy atom. The number of anilines is 1. The molecule has 0 spiro atoms. The number of aromatic nitrogens is 1. The zero-order valence-electron chi connectivity index (χ0n) is 9.51. The second kappa shape index (κ2) is 5.75. The van der Waals surface area contributed by atoms with E-state index in [1.165, 1.54) is 0 Å². The molecule has 3 N–H and O–H groups in total. The van der Waals surface area contributed by atoms with Crippen molar-refractivity contribution in [1.82, 2.24) is 4.98 Å². The molecule has 0 aliphatic heterocycles. The first-order valence-corrected chi connectivity index (χ1v) is 6.19. The number of pyridine rings is 1. The first kappa shape index (κ1) is 12.7. The van der Waals surface area contributed by atoms with Crippen LogP contribution in [-0.4, -0.2) is 10.9 Å². The quantitative estimate of drug-likeness (QED) is 0.915. The Kier molecular flexibility index (Phi) is 4.07. The van der Waals surface area contributed by atoms with Gasteiger partial charge in [0.2, 0.25) is 5.91 Å². The number of amides is 1. The maximum atomic E-state index is 12.0. The Hall–Kier alpha value is -1.72. The van der Waals surface area contributed by atoms with Gasteiger partial charge in [0.15, 0.2) is 0 Å². The molecular weight excluding hydrogens is 294 g/mol. The van der Waals surface area contributed by atoms with Crippen LogP contribution in [0.15, 0.2) is 53.1 Å². The lowest BCUT2D eigenvalue weighted by molar-refractivity contribution is -0.117. The van der Waals surface area contributed by atoms with E-state index < -0.39 is 6.04 Å². The fraction of sp³-hybridized carbons (Fsp3) is 0.0769. The standard InChI is InChI=1S/C13H12BrN3O/c14-10-7-4-8-16-12(10)17-13(18)11(15)9-5-2-1-3-6-9/h1-8,11H,15H2,(H,16,17,18)/t11-/m1/s1. The molecule has 1 aromatic carbocycles. The summed E-state index contributed by atoms with van der Waals surface area (Å²) in [6.07, 6.45) is 1.61. The van der Waals surface area contributed by atoms with Gasteiger partial charge in [0, 0.05) is 6.20 Å². The molecule has 1 aromatic heterocycles. The predicted octanol–water partition coefficient (Wildman–Crippen LogP) is 2.48. The van der Waals surface area contributed by atoms with E-state index in [1.54, 1.807) is 18.3 Å². The Balaban J connectivity index is 2.12. The Labute approximate surface area is 113 Å². The first-order valence-electron chi connectivity index (χ1n) is 5.40. The van der Waals surface area contributed by atoms with Gasteiger partial charge in [0.1, 0.15) is 11.9 Å². The summed E-state index contributed by atoms with van der Waals surface area (Å²) in [7, 11) is 0. The van der Waals surface area contributed by atoms with Crippen LogP contribution < -0.4 is 11.1 Å². The van der Waals surface area contributed by atoms with Gasteiger partial charge in [-0.1, -0.05) is 30.3 Å². The third-order valence-corrected chi connectivity index (χ3v) is 3.08. The van der Waals surface area contributed by atoms with Crippen LogP contribution in [0.25, 0.3) is 0 Å². The van der Waals surface area contributed by atoms with Crippen molar-refractivity contribution in [1.29, 1.82) is 0 Å². The van der Waals surface area contributed by atoms with E-state index in [2.05, 4.69) is 26.2 Å². The number of hydrogen-bond acceptors (Lipinski definition) is 3. The van der Waals surface area contributed by atoms with Crippen LogP contribution in [0.3, 0.4) is 0 Å². The van der Waals surface area contributed by atoms with Crippen LogP contribution >= 0.6 is 15.9 Å². The van der Waals surface area contributed by atoms with Gasteiger partial charge in [-0.2, -0.15) is 0 Å². The van der Waals surface area contributed by atoms with Crippen molar-refractivity contribution in [2.75, 3.05) is 5.32 Å². The lowest BCUT2D eigenvalue weighted by Crippen LogP contribution is -2.28. The van der Waals surface area contributed by atoms with Gasteiger partial charge < -0.3 is 11.1 Å². The second-order valence-electron chi connectivity index (χ2n) is 3.71. The summed E-state index contributed by atoms with van der Waals surface area (Å²) < 4.78 is 0.721. The third kappa shape index (κ3) is 2.94. The number of halogens is 1. The Bertz CT molecular complexity index is 545. The normalized spacial score (nSPS) is 11.9. The van der Waals surface area contributed by atoms with E-state index in [0.717, 1.165) is 10.0 Å². The molecule has 0 aliphatic rings.